The quantitative estimate of drug-likeness (QED) is 0.792. The summed E-state index contributed by atoms with van der Waals surface area (Å²) >= 11 is 0. The standard InChI is InChI=1S/C16H22N2O/c17-15(16(19)11-4-2-1-3-5-11)13-6-7-14-12(10-13)8-9-18-14/h6-11,15-16,18-19H,1-5,17H2/t15-,16+/m0/s1. The van der Waals surface area contributed by atoms with E-state index in [1.54, 1.807) is 0 Å². The second-order valence-corrected chi connectivity index (χ2v) is 5.74. The van der Waals surface area contributed by atoms with Crippen molar-refractivity contribution in [3.05, 3.63) is 36.0 Å². The molecular formula is C16H22N2O. The molecule has 0 radical (unpaired) electrons. The molecule has 0 saturated heterocycles. The Labute approximate surface area is 113 Å². The average molecular weight is 258 g/mol. The van der Waals surface area contributed by atoms with Crippen molar-refractivity contribution in [2.45, 2.75) is 44.2 Å². The van der Waals surface area contributed by atoms with Crippen LogP contribution in [0.5, 0.6) is 0 Å². The molecule has 0 amide bonds. The lowest BCUT2D eigenvalue weighted by Crippen LogP contribution is -2.34. The minimum atomic E-state index is -0.420. The van der Waals surface area contributed by atoms with E-state index in [-0.39, 0.29) is 6.04 Å². The van der Waals surface area contributed by atoms with Crippen LogP contribution in [0.25, 0.3) is 10.9 Å². The fraction of sp³-hybridized carbons (Fsp3) is 0.500. The van der Waals surface area contributed by atoms with Gasteiger partial charge in [0.2, 0.25) is 0 Å². The first kappa shape index (κ1) is 12.7. The third-order valence-corrected chi connectivity index (χ3v) is 4.46. The molecule has 1 heterocycles. The molecule has 1 saturated carbocycles. The van der Waals surface area contributed by atoms with Crippen LogP contribution in [0.1, 0.15) is 43.7 Å². The average Bonchev–Trinajstić information content (AvgIpc) is 2.94. The molecule has 1 aromatic carbocycles. The predicted molar refractivity (Wildman–Crippen MR) is 77.8 cm³/mol. The number of aliphatic hydroxyl groups is 1. The first-order chi connectivity index (χ1) is 9.25. The van der Waals surface area contributed by atoms with E-state index >= 15 is 0 Å². The van der Waals surface area contributed by atoms with Gasteiger partial charge in [0.05, 0.1) is 12.1 Å². The first-order valence-electron chi connectivity index (χ1n) is 7.26. The Balaban J connectivity index is 1.79. The molecule has 19 heavy (non-hydrogen) atoms. The zero-order valence-electron chi connectivity index (χ0n) is 11.2. The number of benzene rings is 1. The predicted octanol–water partition coefficient (Wildman–Crippen LogP) is 3.11. The first-order valence-corrected chi connectivity index (χ1v) is 7.26. The largest absolute Gasteiger partial charge is 0.391 e. The topological polar surface area (TPSA) is 62.0 Å². The van der Waals surface area contributed by atoms with E-state index in [0.29, 0.717) is 5.92 Å². The van der Waals surface area contributed by atoms with Crippen molar-refractivity contribution >= 4 is 10.9 Å². The van der Waals surface area contributed by atoms with Gasteiger partial charge in [-0.3, -0.25) is 0 Å². The summed E-state index contributed by atoms with van der Waals surface area (Å²) in [6.07, 6.45) is 7.49. The van der Waals surface area contributed by atoms with Gasteiger partial charge in [-0.25, -0.2) is 0 Å². The molecule has 1 fully saturated rings. The van der Waals surface area contributed by atoms with Gasteiger partial charge in [-0.05, 0) is 47.9 Å². The molecule has 102 valence electrons. The summed E-state index contributed by atoms with van der Waals surface area (Å²) in [5, 5.41) is 11.6. The number of aromatic nitrogens is 1. The number of nitrogens with two attached hydrogens (primary N) is 1. The number of aliphatic hydroxyl groups excluding tert-OH is 1. The Morgan fingerprint density at radius 1 is 1.16 bits per heavy atom. The van der Waals surface area contributed by atoms with Crippen molar-refractivity contribution in [3.8, 4) is 0 Å². The normalized spacial score (nSPS) is 20.5. The number of fused-ring (bicyclic) bond motifs is 1. The summed E-state index contributed by atoms with van der Waals surface area (Å²) < 4.78 is 0. The van der Waals surface area contributed by atoms with Crippen LogP contribution < -0.4 is 5.73 Å². The Morgan fingerprint density at radius 2 is 1.95 bits per heavy atom. The van der Waals surface area contributed by atoms with E-state index in [9.17, 15) is 5.11 Å². The fourth-order valence-corrected chi connectivity index (χ4v) is 3.25. The maximum atomic E-state index is 10.5. The Bertz CT molecular complexity index is 542. The molecular weight excluding hydrogens is 236 g/mol. The molecule has 0 aliphatic heterocycles. The van der Waals surface area contributed by atoms with Gasteiger partial charge in [0.15, 0.2) is 0 Å². The van der Waals surface area contributed by atoms with Crippen LogP contribution in [0.2, 0.25) is 0 Å². The van der Waals surface area contributed by atoms with Gasteiger partial charge in [0.25, 0.3) is 0 Å². The summed E-state index contributed by atoms with van der Waals surface area (Å²) in [5.74, 6) is 0.366. The summed E-state index contributed by atoms with van der Waals surface area (Å²) in [5.41, 5.74) is 8.42. The monoisotopic (exact) mass is 258 g/mol. The van der Waals surface area contributed by atoms with E-state index in [0.717, 1.165) is 29.3 Å². The van der Waals surface area contributed by atoms with Crippen molar-refractivity contribution < 1.29 is 5.11 Å². The van der Waals surface area contributed by atoms with Gasteiger partial charge in [-0.1, -0.05) is 25.3 Å². The van der Waals surface area contributed by atoms with Crippen LogP contribution in [0.3, 0.4) is 0 Å². The molecule has 0 unspecified atom stereocenters. The number of aromatic amines is 1. The maximum Gasteiger partial charge on any atom is 0.0760 e. The zero-order valence-corrected chi connectivity index (χ0v) is 11.2. The smallest absolute Gasteiger partial charge is 0.0760 e. The molecule has 1 aromatic heterocycles. The van der Waals surface area contributed by atoms with Crippen molar-refractivity contribution in [1.29, 1.82) is 0 Å². The SMILES string of the molecule is N[C@@H](c1ccc2[nH]ccc2c1)[C@H](O)C1CCCCC1. The van der Waals surface area contributed by atoms with Crippen LogP contribution in [-0.2, 0) is 0 Å². The van der Waals surface area contributed by atoms with E-state index in [4.69, 9.17) is 5.73 Å². The van der Waals surface area contributed by atoms with E-state index in [1.165, 1.54) is 19.3 Å². The number of hydrogen-bond donors (Lipinski definition) is 3. The molecule has 3 nitrogen and oxygen atoms in total. The van der Waals surface area contributed by atoms with E-state index in [1.807, 2.05) is 24.4 Å². The third-order valence-electron chi connectivity index (χ3n) is 4.46. The molecule has 2 aromatic rings. The minimum absolute atomic E-state index is 0.276. The van der Waals surface area contributed by atoms with Crippen LogP contribution in [-0.4, -0.2) is 16.2 Å². The van der Waals surface area contributed by atoms with Crippen molar-refractivity contribution in [3.63, 3.8) is 0 Å². The van der Waals surface area contributed by atoms with Gasteiger partial charge in [0, 0.05) is 11.7 Å². The van der Waals surface area contributed by atoms with Crippen LogP contribution in [0.4, 0.5) is 0 Å². The number of nitrogens with one attached hydrogen (secondary N) is 1. The third kappa shape index (κ3) is 2.53. The van der Waals surface area contributed by atoms with Gasteiger partial charge in [0.1, 0.15) is 0 Å². The highest BCUT2D eigenvalue weighted by Gasteiger charge is 2.27. The van der Waals surface area contributed by atoms with Crippen molar-refractivity contribution in [2.75, 3.05) is 0 Å². The molecule has 1 aliphatic carbocycles. The molecule has 3 rings (SSSR count). The number of hydrogen-bond acceptors (Lipinski definition) is 2. The highest BCUT2D eigenvalue weighted by molar-refractivity contribution is 5.80. The number of rotatable bonds is 3. The molecule has 0 spiro atoms. The zero-order chi connectivity index (χ0) is 13.2. The lowest BCUT2D eigenvalue weighted by molar-refractivity contribution is 0.0618. The van der Waals surface area contributed by atoms with Crippen LogP contribution in [0, 0.1) is 5.92 Å². The van der Waals surface area contributed by atoms with Crippen molar-refractivity contribution in [2.24, 2.45) is 11.7 Å². The summed E-state index contributed by atoms with van der Waals surface area (Å²) in [6, 6.07) is 7.91. The highest BCUT2D eigenvalue weighted by atomic mass is 16.3. The fourth-order valence-electron chi connectivity index (χ4n) is 3.25. The summed E-state index contributed by atoms with van der Waals surface area (Å²) in [7, 11) is 0. The Kier molecular flexibility index (Phi) is 3.58. The molecule has 1 aliphatic rings. The van der Waals surface area contributed by atoms with E-state index < -0.39 is 6.10 Å². The molecule has 0 bridgehead atoms. The molecule has 3 heteroatoms. The second kappa shape index (κ2) is 5.35. The Hall–Kier alpha value is -1.32. The molecule has 4 N–H and O–H groups in total. The van der Waals surface area contributed by atoms with Gasteiger partial charge in [-0.15, -0.1) is 0 Å². The number of H-pyrrole nitrogens is 1. The van der Waals surface area contributed by atoms with Gasteiger partial charge >= 0.3 is 0 Å². The lowest BCUT2D eigenvalue weighted by Gasteiger charge is -2.30. The minimum Gasteiger partial charge on any atom is -0.391 e. The van der Waals surface area contributed by atoms with Crippen molar-refractivity contribution in [1.82, 2.24) is 4.98 Å². The Morgan fingerprint density at radius 3 is 2.74 bits per heavy atom. The second-order valence-electron chi connectivity index (χ2n) is 5.74. The van der Waals surface area contributed by atoms with Gasteiger partial charge < -0.3 is 15.8 Å². The molecule has 2 atom stereocenters. The van der Waals surface area contributed by atoms with Crippen LogP contribution >= 0.6 is 0 Å². The van der Waals surface area contributed by atoms with Crippen LogP contribution in [0.15, 0.2) is 30.5 Å². The van der Waals surface area contributed by atoms with E-state index in [2.05, 4.69) is 11.1 Å². The summed E-state index contributed by atoms with van der Waals surface area (Å²) in [4.78, 5) is 3.17. The highest BCUT2D eigenvalue weighted by Crippen LogP contribution is 2.32. The van der Waals surface area contributed by atoms with Gasteiger partial charge in [-0.2, -0.15) is 0 Å². The lowest BCUT2D eigenvalue weighted by atomic mass is 9.81. The summed E-state index contributed by atoms with van der Waals surface area (Å²) in [6.45, 7) is 0. The maximum absolute atomic E-state index is 10.5.